The number of halogens is 2. The topological polar surface area (TPSA) is 17.1 Å². The standard InChI is InChI=1S/C8H8O.C2H4.2ClH/c9-7-6-8-4-2-1-3-5-8;1-2;;/h1-5,7H,6H2;1-2H2;2*1H. The first-order valence-corrected chi connectivity index (χ1v) is 3.41. The lowest BCUT2D eigenvalue weighted by Gasteiger charge is -1.89. The largest absolute Gasteiger partial charge is 0.303 e. The van der Waals surface area contributed by atoms with Crippen LogP contribution in [0, 0.1) is 0 Å². The van der Waals surface area contributed by atoms with Gasteiger partial charge >= 0.3 is 0 Å². The molecule has 3 heteroatoms. The zero-order valence-electron chi connectivity index (χ0n) is 7.31. The SMILES string of the molecule is C=C.Cl.Cl.O=CCc1ccccc1. The van der Waals surface area contributed by atoms with Gasteiger partial charge in [-0.15, -0.1) is 38.0 Å². The highest BCUT2D eigenvalue weighted by Crippen LogP contribution is 1.96. The summed E-state index contributed by atoms with van der Waals surface area (Å²) in [6.07, 6.45) is 1.44. The molecule has 0 atom stereocenters. The van der Waals surface area contributed by atoms with Gasteiger partial charge in [-0.05, 0) is 5.56 Å². The number of benzene rings is 1. The van der Waals surface area contributed by atoms with Gasteiger partial charge in [-0.1, -0.05) is 30.3 Å². The molecule has 0 aromatic heterocycles. The Kier molecular flexibility index (Phi) is 19.2. The molecule has 0 bridgehead atoms. The molecule has 1 aromatic rings. The van der Waals surface area contributed by atoms with E-state index in [9.17, 15) is 4.79 Å². The van der Waals surface area contributed by atoms with Gasteiger partial charge in [-0.2, -0.15) is 0 Å². The van der Waals surface area contributed by atoms with Crippen LogP contribution in [0.3, 0.4) is 0 Å². The molecule has 0 saturated heterocycles. The zero-order chi connectivity index (χ0) is 8.53. The minimum Gasteiger partial charge on any atom is -0.303 e. The summed E-state index contributed by atoms with van der Waals surface area (Å²) in [6, 6.07) is 9.68. The van der Waals surface area contributed by atoms with Crippen molar-refractivity contribution in [2.75, 3.05) is 0 Å². The molecule has 0 spiro atoms. The third-order valence-corrected chi connectivity index (χ3v) is 1.16. The first-order valence-electron chi connectivity index (χ1n) is 3.41. The molecular weight excluding hydrogens is 207 g/mol. The average Bonchev–Trinajstić information content (AvgIpc) is 2.11. The summed E-state index contributed by atoms with van der Waals surface area (Å²) in [5, 5.41) is 0. The van der Waals surface area contributed by atoms with Crippen LogP contribution in [0.15, 0.2) is 43.5 Å². The lowest BCUT2D eigenvalue weighted by molar-refractivity contribution is -0.107. The molecule has 0 amide bonds. The van der Waals surface area contributed by atoms with Crippen LogP contribution in [-0.2, 0) is 11.2 Å². The third-order valence-electron chi connectivity index (χ3n) is 1.16. The third kappa shape index (κ3) is 9.12. The van der Waals surface area contributed by atoms with E-state index in [0.29, 0.717) is 6.42 Å². The molecule has 74 valence electrons. The van der Waals surface area contributed by atoms with Gasteiger partial charge in [-0.25, -0.2) is 0 Å². The minimum absolute atomic E-state index is 0. The van der Waals surface area contributed by atoms with Gasteiger partial charge in [0.05, 0.1) is 0 Å². The number of hydrogen-bond acceptors (Lipinski definition) is 1. The molecule has 0 aliphatic heterocycles. The summed E-state index contributed by atoms with van der Waals surface area (Å²) in [7, 11) is 0. The molecule has 0 radical (unpaired) electrons. The molecule has 0 unspecified atom stereocenters. The van der Waals surface area contributed by atoms with E-state index in [0.717, 1.165) is 11.8 Å². The normalized spacial score (nSPS) is 6.46. The Morgan fingerprint density at radius 1 is 1.08 bits per heavy atom. The molecule has 1 aromatic carbocycles. The second-order valence-electron chi connectivity index (χ2n) is 1.86. The van der Waals surface area contributed by atoms with Crippen LogP contribution in [0.4, 0.5) is 0 Å². The molecule has 0 N–H and O–H groups in total. The van der Waals surface area contributed by atoms with Crippen LogP contribution in [0.2, 0.25) is 0 Å². The average molecular weight is 221 g/mol. The van der Waals surface area contributed by atoms with Crippen molar-refractivity contribution in [3.8, 4) is 0 Å². The molecule has 1 rings (SSSR count). The Morgan fingerprint density at radius 2 is 1.54 bits per heavy atom. The first-order chi connectivity index (χ1) is 5.43. The molecule has 0 aliphatic rings. The number of hydrogen-bond donors (Lipinski definition) is 0. The van der Waals surface area contributed by atoms with E-state index in [1.807, 2.05) is 30.3 Å². The van der Waals surface area contributed by atoms with Crippen LogP contribution < -0.4 is 0 Å². The Hall–Kier alpha value is -0.790. The smallest absolute Gasteiger partial charge is 0.124 e. The molecule has 13 heavy (non-hydrogen) atoms. The van der Waals surface area contributed by atoms with Crippen molar-refractivity contribution in [1.82, 2.24) is 0 Å². The van der Waals surface area contributed by atoms with E-state index >= 15 is 0 Å². The fourth-order valence-electron chi connectivity index (χ4n) is 0.710. The Labute approximate surface area is 91.7 Å². The number of carbonyl (C=O) groups is 1. The fourth-order valence-corrected chi connectivity index (χ4v) is 0.710. The summed E-state index contributed by atoms with van der Waals surface area (Å²) in [5.74, 6) is 0. The van der Waals surface area contributed by atoms with Crippen molar-refractivity contribution in [3.05, 3.63) is 49.1 Å². The van der Waals surface area contributed by atoms with Crippen LogP contribution >= 0.6 is 24.8 Å². The number of aldehydes is 1. The van der Waals surface area contributed by atoms with E-state index in [-0.39, 0.29) is 24.8 Å². The maximum absolute atomic E-state index is 9.97. The minimum atomic E-state index is 0. The second kappa shape index (κ2) is 13.8. The summed E-state index contributed by atoms with van der Waals surface area (Å²) < 4.78 is 0. The fraction of sp³-hybridized carbons (Fsp3) is 0.100. The molecular formula is C10H14Cl2O. The van der Waals surface area contributed by atoms with E-state index in [2.05, 4.69) is 13.2 Å². The predicted octanol–water partition coefficient (Wildman–Crippen LogP) is 3.07. The quantitative estimate of drug-likeness (QED) is 0.554. The van der Waals surface area contributed by atoms with Crippen LogP contribution in [0.1, 0.15) is 5.56 Å². The van der Waals surface area contributed by atoms with Gasteiger partial charge in [0.25, 0.3) is 0 Å². The number of rotatable bonds is 2. The molecule has 0 fully saturated rings. The van der Waals surface area contributed by atoms with Gasteiger partial charge in [-0.3, -0.25) is 0 Å². The van der Waals surface area contributed by atoms with Crippen molar-refractivity contribution in [3.63, 3.8) is 0 Å². The van der Waals surface area contributed by atoms with Gasteiger partial charge < -0.3 is 4.79 Å². The lowest BCUT2D eigenvalue weighted by Crippen LogP contribution is -1.82. The summed E-state index contributed by atoms with van der Waals surface area (Å²) in [5.41, 5.74) is 1.08. The Morgan fingerprint density at radius 3 is 1.92 bits per heavy atom. The van der Waals surface area contributed by atoms with Gasteiger partial charge in [0.1, 0.15) is 6.29 Å². The maximum Gasteiger partial charge on any atom is 0.124 e. The molecule has 0 aliphatic carbocycles. The van der Waals surface area contributed by atoms with Gasteiger partial charge in [0, 0.05) is 6.42 Å². The second-order valence-corrected chi connectivity index (χ2v) is 1.86. The molecule has 1 nitrogen and oxygen atoms in total. The highest BCUT2D eigenvalue weighted by molar-refractivity contribution is 5.85. The lowest BCUT2D eigenvalue weighted by atomic mass is 10.2. The highest BCUT2D eigenvalue weighted by Gasteiger charge is 1.84. The highest BCUT2D eigenvalue weighted by atomic mass is 35.5. The van der Waals surface area contributed by atoms with Gasteiger partial charge in [0.2, 0.25) is 0 Å². The van der Waals surface area contributed by atoms with Crippen molar-refractivity contribution in [1.29, 1.82) is 0 Å². The summed E-state index contributed by atoms with van der Waals surface area (Å²) in [4.78, 5) is 9.97. The van der Waals surface area contributed by atoms with Crippen LogP contribution in [-0.4, -0.2) is 6.29 Å². The Bertz CT molecular complexity index is 199. The van der Waals surface area contributed by atoms with Crippen molar-refractivity contribution in [2.45, 2.75) is 6.42 Å². The van der Waals surface area contributed by atoms with Gasteiger partial charge in [0.15, 0.2) is 0 Å². The zero-order valence-corrected chi connectivity index (χ0v) is 8.94. The van der Waals surface area contributed by atoms with Crippen LogP contribution in [0.5, 0.6) is 0 Å². The van der Waals surface area contributed by atoms with Crippen molar-refractivity contribution < 1.29 is 4.79 Å². The van der Waals surface area contributed by atoms with E-state index in [4.69, 9.17) is 0 Å². The predicted molar refractivity (Wildman–Crippen MR) is 62.0 cm³/mol. The Balaban J connectivity index is -0.000000234. The monoisotopic (exact) mass is 220 g/mol. The first kappa shape index (κ1) is 18.1. The molecule has 0 heterocycles. The van der Waals surface area contributed by atoms with E-state index < -0.39 is 0 Å². The maximum atomic E-state index is 9.97. The summed E-state index contributed by atoms with van der Waals surface area (Å²) >= 11 is 0. The van der Waals surface area contributed by atoms with Crippen LogP contribution in [0.25, 0.3) is 0 Å². The molecule has 0 saturated carbocycles. The summed E-state index contributed by atoms with van der Waals surface area (Å²) in [6.45, 7) is 6.00. The van der Waals surface area contributed by atoms with Crippen molar-refractivity contribution in [2.24, 2.45) is 0 Å². The van der Waals surface area contributed by atoms with E-state index in [1.165, 1.54) is 0 Å². The number of carbonyl (C=O) groups excluding carboxylic acids is 1. The van der Waals surface area contributed by atoms with E-state index in [1.54, 1.807) is 0 Å². The van der Waals surface area contributed by atoms with Crippen molar-refractivity contribution >= 4 is 31.1 Å².